The number of rotatable bonds is 4. The van der Waals surface area contributed by atoms with Crippen LogP contribution in [0.5, 0.6) is 0 Å². The Balaban J connectivity index is 2.32. The molecule has 0 saturated heterocycles. The zero-order chi connectivity index (χ0) is 15.2. The van der Waals surface area contributed by atoms with Gasteiger partial charge in [-0.1, -0.05) is 23.8 Å². The largest absolute Gasteiger partial charge is 0.444 e. The molecule has 0 radical (unpaired) electrons. The predicted molar refractivity (Wildman–Crippen MR) is 77.1 cm³/mol. The number of hydrogen-bond acceptors (Lipinski definition) is 3. The summed E-state index contributed by atoms with van der Waals surface area (Å²) in [5.74, 6) is -0.555. The second-order valence-corrected chi connectivity index (χ2v) is 5.52. The van der Waals surface area contributed by atoms with Crippen molar-refractivity contribution in [3.8, 4) is 0 Å². The maximum Gasteiger partial charge on any atom is 0.407 e. The molecule has 1 N–H and O–H groups in total. The molecule has 0 aliphatic rings. The summed E-state index contributed by atoms with van der Waals surface area (Å²) in [6.45, 7) is 5.84. The van der Waals surface area contributed by atoms with Crippen LogP contribution in [-0.4, -0.2) is 23.2 Å². The highest BCUT2D eigenvalue weighted by Gasteiger charge is 2.15. The lowest BCUT2D eigenvalue weighted by molar-refractivity contribution is 0.0529. The molecule has 110 valence electrons. The molecule has 1 heterocycles. The van der Waals surface area contributed by atoms with Crippen LogP contribution >= 0.6 is 11.6 Å². The van der Waals surface area contributed by atoms with Crippen LogP contribution in [0.3, 0.4) is 0 Å². The van der Waals surface area contributed by atoms with Crippen molar-refractivity contribution in [2.75, 3.05) is 6.54 Å². The number of nitrogens with zero attached hydrogens (tertiary/aromatic N) is 1. The zero-order valence-corrected chi connectivity index (χ0v) is 12.5. The smallest absolute Gasteiger partial charge is 0.407 e. The van der Waals surface area contributed by atoms with Gasteiger partial charge >= 0.3 is 6.09 Å². The van der Waals surface area contributed by atoms with Gasteiger partial charge in [-0.3, -0.25) is 0 Å². The lowest BCUT2D eigenvalue weighted by atomic mass is 10.2. The van der Waals surface area contributed by atoms with Gasteiger partial charge in [0, 0.05) is 12.7 Å². The Hall–Kier alpha value is -1.62. The Morgan fingerprint density at radius 2 is 2.25 bits per heavy atom. The number of carbonyl (C=O) groups excluding carboxylic acids is 1. The van der Waals surface area contributed by atoms with E-state index in [1.54, 1.807) is 26.8 Å². The Morgan fingerprint density at radius 1 is 1.55 bits per heavy atom. The van der Waals surface area contributed by atoms with Crippen LogP contribution in [0.4, 0.5) is 9.18 Å². The molecule has 4 nitrogen and oxygen atoms in total. The molecule has 1 aromatic rings. The number of amides is 1. The van der Waals surface area contributed by atoms with Crippen LogP contribution in [-0.2, 0) is 4.74 Å². The molecule has 1 aromatic heterocycles. The molecule has 0 unspecified atom stereocenters. The molecule has 0 aromatic carbocycles. The Kier molecular flexibility index (Phi) is 5.95. The molecule has 1 amide bonds. The Bertz CT molecular complexity index is 498. The minimum atomic E-state index is -0.555. The van der Waals surface area contributed by atoms with E-state index in [9.17, 15) is 9.18 Å². The maximum absolute atomic E-state index is 13.1. The monoisotopic (exact) mass is 300 g/mol. The van der Waals surface area contributed by atoms with E-state index in [0.29, 0.717) is 18.5 Å². The quantitative estimate of drug-likeness (QED) is 0.679. The van der Waals surface area contributed by atoms with Crippen molar-refractivity contribution < 1.29 is 13.9 Å². The van der Waals surface area contributed by atoms with Crippen molar-refractivity contribution in [1.82, 2.24) is 10.3 Å². The minimum absolute atomic E-state index is 0.145. The van der Waals surface area contributed by atoms with E-state index in [0.717, 1.165) is 0 Å². The molecule has 0 fully saturated rings. The fourth-order valence-electron chi connectivity index (χ4n) is 1.32. The molecule has 0 bridgehead atoms. The summed E-state index contributed by atoms with van der Waals surface area (Å²) in [7, 11) is 0. The summed E-state index contributed by atoms with van der Waals surface area (Å²) in [6, 6.07) is 1.30. The van der Waals surface area contributed by atoms with E-state index >= 15 is 0 Å². The van der Waals surface area contributed by atoms with Crippen molar-refractivity contribution in [2.45, 2.75) is 32.8 Å². The summed E-state index contributed by atoms with van der Waals surface area (Å²) >= 11 is 5.48. The maximum atomic E-state index is 13.1. The van der Waals surface area contributed by atoms with Crippen molar-refractivity contribution >= 4 is 23.8 Å². The van der Waals surface area contributed by atoms with Gasteiger partial charge in [-0.05, 0) is 38.8 Å². The van der Waals surface area contributed by atoms with Crippen molar-refractivity contribution in [3.05, 3.63) is 34.9 Å². The van der Waals surface area contributed by atoms with Gasteiger partial charge in [0.25, 0.3) is 0 Å². The lowest BCUT2D eigenvalue weighted by Gasteiger charge is -2.19. The van der Waals surface area contributed by atoms with Crippen molar-refractivity contribution in [3.63, 3.8) is 0 Å². The fraction of sp³-hybridized carbons (Fsp3) is 0.429. The predicted octanol–water partition coefficient (Wildman–Crippen LogP) is 3.80. The normalized spacial score (nSPS) is 11.7. The molecular weight excluding hydrogens is 283 g/mol. The number of pyridine rings is 1. The summed E-state index contributed by atoms with van der Waals surface area (Å²) in [5, 5.41) is 2.48. The van der Waals surface area contributed by atoms with Crippen LogP contribution in [0.2, 0.25) is 5.15 Å². The first-order valence-electron chi connectivity index (χ1n) is 6.22. The molecule has 0 saturated carbocycles. The van der Waals surface area contributed by atoms with Gasteiger partial charge in [0.2, 0.25) is 0 Å². The number of alkyl carbamates (subject to hydrolysis) is 1. The number of hydrogen-bond donors (Lipinski definition) is 1. The molecule has 6 heteroatoms. The highest BCUT2D eigenvalue weighted by molar-refractivity contribution is 6.29. The van der Waals surface area contributed by atoms with Gasteiger partial charge in [0.05, 0.1) is 0 Å². The van der Waals surface area contributed by atoms with Crippen LogP contribution in [0.15, 0.2) is 18.3 Å². The second kappa shape index (κ2) is 7.24. The van der Waals surface area contributed by atoms with E-state index in [1.165, 1.54) is 12.3 Å². The first kappa shape index (κ1) is 16.4. The highest BCUT2D eigenvalue weighted by Crippen LogP contribution is 2.13. The van der Waals surface area contributed by atoms with E-state index in [4.69, 9.17) is 16.3 Å². The van der Waals surface area contributed by atoms with Gasteiger partial charge in [-0.2, -0.15) is 0 Å². The first-order valence-corrected chi connectivity index (χ1v) is 6.60. The van der Waals surface area contributed by atoms with E-state index < -0.39 is 17.5 Å². The number of ether oxygens (including phenoxy) is 1. The summed E-state index contributed by atoms with van der Waals surface area (Å²) < 4.78 is 18.2. The van der Waals surface area contributed by atoms with Crippen LogP contribution in [0.1, 0.15) is 32.8 Å². The summed E-state index contributed by atoms with van der Waals surface area (Å²) in [6.07, 6.45) is 5.14. The number of carbonyl (C=O) groups is 1. The van der Waals surface area contributed by atoms with Gasteiger partial charge < -0.3 is 10.1 Å². The van der Waals surface area contributed by atoms with Gasteiger partial charge in [-0.15, -0.1) is 0 Å². The zero-order valence-electron chi connectivity index (χ0n) is 11.7. The topological polar surface area (TPSA) is 51.2 Å². The number of halogens is 2. The van der Waals surface area contributed by atoms with E-state index in [1.807, 2.05) is 6.08 Å². The standard InChI is InChI=1S/C14H18ClFN2O2/c1-14(2,3)20-13(19)17-7-5-4-6-10-8-11(16)12(15)18-9-10/h4,6,8-9H,5,7H2,1-3H3,(H,17,19). The first-order chi connectivity index (χ1) is 9.28. The molecule has 20 heavy (non-hydrogen) atoms. The molecule has 0 aliphatic heterocycles. The van der Waals surface area contributed by atoms with Gasteiger partial charge in [0.15, 0.2) is 11.0 Å². The fourth-order valence-corrected chi connectivity index (χ4v) is 1.42. The average molecular weight is 301 g/mol. The minimum Gasteiger partial charge on any atom is -0.444 e. The van der Waals surface area contributed by atoms with Crippen molar-refractivity contribution in [2.24, 2.45) is 0 Å². The molecule has 0 spiro atoms. The molecular formula is C14H18ClFN2O2. The Morgan fingerprint density at radius 3 is 2.85 bits per heavy atom. The highest BCUT2D eigenvalue weighted by atomic mass is 35.5. The molecule has 0 aliphatic carbocycles. The van der Waals surface area contributed by atoms with E-state index in [-0.39, 0.29) is 5.15 Å². The lowest BCUT2D eigenvalue weighted by Crippen LogP contribution is -2.32. The molecule has 0 atom stereocenters. The van der Waals surface area contributed by atoms with Crippen LogP contribution in [0, 0.1) is 5.82 Å². The summed E-state index contributed by atoms with van der Waals surface area (Å²) in [5.41, 5.74) is 0.107. The third kappa shape index (κ3) is 6.52. The summed E-state index contributed by atoms with van der Waals surface area (Å²) in [4.78, 5) is 15.0. The van der Waals surface area contributed by atoms with E-state index in [2.05, 4.69) is 10.3 Å². The van der Waals surface area contributed by atoms with Crippen LogP contribution in [0.25, 0.3) is 6.08 Å². The number of nitrogens with one attached hydrogen (secondary N) is 1. The van der Waals surface area contributed by atoms with Crippen molar-refractivity contribution in [1.29, 1.82) is 0 Å². The SMILES string of the molecule is CC(C)(C)OC(=O)NCCC=Cc1cnc(Cl)c(F)c1. The second-order valence-electron chi connectivity index (χ2n) is 5.16. The number of aromatic nitrogens is 1. The third-order valence-corrected chi connectivity index (χ3v) is 2.39. The third-order valence-electron chi connectivity index (χ3n) is 2.11. The average Bonchev–Trinajstić information content (AvgIpc) is 2.31. The van der Waals surface area contributed by atoms with Gasteiger partial charge in [-0.25, -0.2) is 14.2 Å². The van der Waals surface area contributed by atoms with Gasteiger partial charge in [0.1, 0.15) is 5.60 Å². The van der Waals surface area contributed by atoms with Crippen LogP contribution < -0.4 is 5.32 Å². The molecule has 1 rings (SSSR count). The Labute approximate surface area is 123 Å².